The van der Waals surface area contributed by atoms with Crippen molar-refractivity contribution in [2.75, 3.05) is 13.6 Å². The van der Waals surface area contributed by atoms with Crippen LogP contribution in [-0.2, 0) is 6.42 Å². The highest BCUT2D eigenvalue weighted by Crippen LogP contribution is 2.68. The molecule has 0 amide bonds. The van der Waals surface area contributed by atoms with Crippen molar-refractivity contribution in [2.24, 2.45) is 17.3 Å². The maximum Gasteiger partial charge on any atom is 0.123 e. The van der Waals surface area contributed by atoms with Crippen LogP contribution in [-0.4, -0.2) is 18.5 Å². The van der Waals surface area contributed by atoms with Crippen molar-refractivity contribution >= 4 is 0 Å². The van der Waals surface area contributed by atoms with E-state index >= 15 is 0 Å². The molecule has 0 radical (unpaired) electrons. The minimum Gasteiger partial charge on any atom is -0.378 e. The fraction of sp³-hybridized carbons (Fsp3) is 0.400. The standard InChI is InChI=1S/C30H34FN/c1-5-23-18-28-21(3)30(28,25-11-12-25)19-27(23)20(2)16-29-24(8-6-7-15-32(29)4)17-22-9-13-26(31)14-10-22/h5,9-10,13-14,16,18-19,24-25H,1-2,6-8,11-12,15,17H2,3-4H3/b29-16-/t24-,30?/m1/s1. The average Bonchev–Trinajstić information content (AvgIpc) is 3.71. The number of nitrogens with zero attached hydrogens (tertiary/aromatic N) is 1. The van der Waals surface area contributed by atoms with E-state index in [0.717, 1.165) is 30.9 Å². The van der Waals surface area contributed by atoms with Gasteiger partial charge in [0, 0.05) is 30.6 Å². The Morgan fingerprint density at radius 1 is 1.19 bits per heavy atom. The molecule has 1 nitrogen and oxygen atoms in total. The predicted octanol–water partition coefficient (Wildman–Crippen LogP) is 7.32. The van der Waals surface area contributed by atoms with Crippen LogP contribution < -0.4 is 0 Å². The minimum absolute atomic E-state index is 0.170. The molecule has 4 aliphatic rings. The van der Waals surface area contributed by atoms with Crippen LogP contribution in [0.5, 0.6) is 0 Å². The lowest BCUT2D eigenvalue weighted by atomic mass is 9.80. The van der Waals surface area contributed by atoms with Crippen molar-refractivity contribution in [1.82, 2.24) is 4.90 Å². The third kappa shape index (κ3) is 3.64. The fourth-order valence-corrected chi connectivity index (χ4v) is 5.98. The zero-order chi connectivity index (χ0) is 22.5. The summed E-state index contributed by atoms with van der Waals surface area (Å²) in [6.45, 7) is 12.0. The van der Waals surface area contributed by atoms with E-state index in [1.165, 1.54) is 59.2 Å². The molecule has 5 rings (SSSR count). The normalized spacial score (nSPS) is 28.7. The van der Waals surface area contributed by atoms with Crippen molar-refractivity contribution < 1.29 is 4.39 Å². The Morgan fingerprint density at radius 2 is 1.94 bits per heavy atom. The SMILES string of the molecule is C=CC1=CC2=C(C)C2(C2CC2)C=C1C(=C)/C=C1/[C@@H](Cc2ccc(F)cc2)CCCCN1C. The molecule has 1 unspecified atom stereocenters. The second-order valence-corrected chi connectivity index (χ2v) is 10.1. The Hall–Kier alpha value is -2.61. The molecule has 0 N–H and O–H groups in total. The summed E-state index contributed by atoms with van der Waals surface area (Å²) in [6.07, 6.45) is 16.3. The highest BCUT2D eigenvalue weighted by Gasteiger charge is 2.58. The minimum atomic E-state index is -0.170. The van der Waals surface area contributed by atoms with Crippen LogP contribution in [0, 0.1) is 23.1 Å². The number of halogens is 1. The van der Waals surface area contributed by atoms with Crippen LogP contribution in [0.15, 0.2) is 95.3 Å². The van der Waals surface area contributed by atoms with E-state index < -0.39 is 0 Å². The van der Waals surface area contributed by atoms with Gasteiger partial charge < -0.3 is 4.90 Å². The van der Waals surface area contributed by atoms with Gasteiger partial charge in [-0.2, -0.15) is 0 Å². The number of allylic oxidation sites excluding steroid dienone is 10. The average molecular weight is 428 g/mol. The lowest BCUT2D eigenvalue weighted by Gasteiger charge is -2.28. The van der Waals surface area contributed by atoms with Gasteiger partial charge in [0.1, 0.15) is 5.82 Å². The molecular formula is C30H34FN. The number of hydrogen-bond acceptors (Lipinski definition) is 1. The van der Waals surface area contributed by atoms with Crippen molar-refractivity contribution in [3.05, 3.63) is 107 Å². The van der Waals surface area contributed by atoms with Crippen LogP contribution >= 0.6 is 0 Å². The van der Waals surface area contributed by atoms with Gasteiger partial charge in [-0.25, -0.2) is 4.39 Å². The third-order valence-corrected chi connectivity index (χ3v) is 8.05. The first-order valence-corrected chi connectivity index (χ1v) is 12.1. The van der Waals surface area contributed by atoms with E-state index in [1.54, 1.807) is 12.1 Å². The van der Waals surface area contributed by atoms with Crippen LogP contribution in [0.25, 0.3) is 0 Å². The molecule has 3 aliphatic carbocycles. The molecule has 0 aromatic heterocycles. The predicted molar refractivity (Wildman–Crippen MR) is 132 cm³/mol. The van der Waals surface area contributed by atoms with Gasteiger partial charge in [0.2, 0.25) is 0 Å². The molecule has 1 saturated heterocycles. The van der Waals surface area contributed by atoms with E-state index in [-0.39, 0.29) is 11.2 Å². The molecule has 0 spiro atoms. The monoisotopic (exact) mass is 427 g/mol. The number of hydrogen-bond donors (Lipinski definition) is 0. The molecule has 2 atom stereocenters. The van der Waals surface area contributed by atoms with E-state index in [1.807, 2.05) is 18.2 Å². The van der Waals surface area contributed by atoms with Gasteiger partial charge >= 0.3 is 0 Å². The maximum atomic E-state index is 13.4. The van der Waals surface area contributed by atoms with E-state index in [9.17, 15) is 4.39 Å². The molecule has 1 aromatic carbocycles. The molecule has 166 valence electrons. The van der Waals surface area contributed by atoms with Gasteiger partial charge in [-0.3, -0.25) is 0 Å². The molecule has 2 heteroatoms. The summed E-state index contributed by atoms with van der Waals surface area (Å²) in [4.78, 5) is 2.41. The van der Waals surface area contributed by atoms with Crippen LogP contribution in [0.1, 0.15) is 44.6 Å². The fourth-order valence-electron chi connectivity index (χ4n) is 5.98. The smallest absolute Gasteiger partial charge is 0.123 e. The Labute approximate surface area is 192 Å². The highest BCUT2D eigenvalue weighted by atomic mass is 19.1. The first-order valence-electron chi connectivity index (χ1n) is 12.1. The van der Waals surface area contributed by atoms with Gasteiger partial charge in [-0.15, -0.1) is 0 Å². The van der Waals surface area contributed by atoms with Crippen molar-refractivity contribution in [2.45, 2.75) is 45.4 Å². The molecule has 1 heterocycles. The third-order valence-electron chi connectivity index (χ3n) is 8.05. The van der Waals surface area contributed by atoms with E-state index in [0.29, 0.717) is 5.92 Å². The molecule has 1 aliphatic heterocycles. The van der Waals surface area contributed by atoms with Crippen LogP contribution in [0.4, 0.5) is 4.39 Å². The summed E-state index contributed by atoms with van der Waals surface area (Å²) in [7, 11) is 2.21. The second kappa shape index (κ2) is 8.06. The van der Waals surface area contributed by atoms with Gasteiger partial charge in [-0.1, -0.05) is 49.4 Å². The van der Waals surface area contributed by atoms with Crippen molar-refractivity contribution in [3.63, 3.8) is 0 Å². The topological polar surface area (TPSA) is 3.24 Å². The maximum absolute atomic E-state index is 13.4. The zero-order valence-electron chi connectivity index (χ0n) is 19.5. The first-order chi connectivity index (χ1) is 15.4. The second-order valence-electron chi connectivity index (χ2n) is 10.1. The Bertz CT molecular complexity index is 1080. The Kier molecular flexibility index (Phi) is 5.35. The van der Waals surface area contributed by atoms with E-state index in [4.69, 9.17) is 0 Å². The van der Waals surface area contributed by atoms with Crippen LogP contribution in [0.2, 0.25) is 0 Å². The molecule has 1 saturated carbocycles. The van der Waals surface area contributed by atoms with Gasteiger partial charge in [0.05, 0.1) is 0 Å². The van der Waals surface area contributed by atoms with Crippen molar-refractivity contribution in [3.8, 4) is 0 Å². The summed E-state index contributed by atoms with van der Waals surface area (Å²) < 4.78 is 13.4. The van der Waals surface area contributed by atoms with Gasteiger partial charge in [-0.05, 0) is 97.1 Å². The first kappa shape index (κ1) is 21.2. The summed E-state index contributed by atoms with van der Waals surface area (Å²) in [5, 5.41) is 0. The number of likely N-dealkylation sites (tertiary alicyclic amines) is 1. The summed E-state index contributed by atoms with van der Waals surface area (Å²) in [5.41, 5.74) is 9.33. The molecular weight excluding hydrogens is 393 g/mol. The quantitative estimate of drug-likeness (QED) is 0.460. The lowest BCUT2D eigenvalue weighted by molar-refractivity contribution is 0.381. The van der Waals surface area contributed by atoms with Crippen LogP contribution in [0.3, 0.4) is 0 Å². The summed E-state index contributed by atoms with van der Waals surface area (Å²) >= 11 is 0. The molecule has 2 fully saturated rings. The summed E-state index contributed by atoms with van der Waals surface area (Å²) in [5.74, 6) is 1.03. The number of fused-ring (bicyclic) bond motifs is 1. The molecule has 32 heavy (non-hydrogen) atoms. The van der Waals surface area contributed by atoms with Crippen molar-refractivity contribution in [1.29, 1.82) is 0 Å². The summed E-state index contributed by atoms with van der Waals surface area (Å²) in [6, 6.07) is 7.01. The lowest BCUT2D eigenvalue weighted by Crippen LogP contribution is -2.23. The highest BCUT2D eigenvalue weighted by molar-refractivity contribution is 5.72. The molecule has 1 aromatic rings. The number of benzene rings is 1. The van der Waals surface area contributed by atoms with E-state index in [2.05, 4.69) is 50.3 Å². The Morgan fingerprint density at radius 3 is 2.62 bits per heavy atom. The Balaban J connectivity index is 1.46. The largest absolute Gasteiger partial charge is 0.378 e. The zero-order valence-corrected chi connectivity index (χ0v) is 19.5. The molecule has 0 bridgehead atoms. The number of rotatable bonds is 6. The van der Waals surface area contributed by atoms with Gasteiger partial charge in [0.25, 0.3) is 0 Å². The van der Waals surface area contributed by atoms with Gasteiger partial charge in [0.15, 0.2) is 0 Å².